The lowest BCUT2D eigenvalue weighted by Gasteiger charge is -2.28. The summed E-state index contributed by atoms with van der Waals surface area (Å²) in [6.07, 6.45) is -4.69. The molecule has 1 atom stereocenters. The number of hydrogen-bond acceptors (Lipinski definition) is 6. The van der Waals surface area contributed by atoms with Crippen molar-refractivity contribution < 1.29 is 32.7 Å². The molecule has 2 aliphatic rings. The molecule has 3 amide bonds. The lowest BCUT2D eigenvalue weighted by atomic mass is 10.0. The van der Waals surface area contributed by atoms with Crippen LogP contribution in [-0.2, 0) is 17.4 Å². The monoisotopic (exact) mass is 556 g/mol. The predicted octanol–water partition coefficient (Wildman–Crippen LogP) is 2.22. The third kappa shape index (κ3) is 5.17. The zero-order chi connectivity index (χ0) is 28.8. The SMILES string of the molecule is CN(C(=O)CN1CCC(O)C1)c1ccc(N2CCc3c(C(F)(F)F)nn(-c4cccc(C(N)=O)c4)c3C2=O)cc1. The molecule has 5 rings (SSSR count). The van der Waals surface area contributed by atoms with Crippen LogP contribution in [0.1, 0.15) is 38.5 Å². The molecule has 1 aromatic heterocycles. The topological polar surface area (TPSA) is 125 Å². The van der Waals surface area contributed by atoms with Gasteiger partial charge in [0.25, 0.3) is 5.91 Å². The van der Waals surface area contributed by atoms with Gasteiger partial charge in [-0.1, -0.05) is 6.07 Å². The number of nitrogens with two attached hydrogens (primary N) is 1. The summed E-state index contributed by atoms with van der Waals surface area (Å²) in [5.74, 6) is -1.62. The number of carbonyl (C=O) groups is 3. The van der Waals surface area contributed by atoms with Gasteiger partial charge >= 0.3 is 6.18 Å². The Labute approximate surface area is 227 Å². The van der Waals surface area contributed by atoms with Crippen LogP contribution in [-0.4, -0.2) is 76.8 Å². The van der Waals surface area contributed by atoms with Gasteiger partial charge < -0.3 is 20.6 Å². The van der Waals surface area contributed by atoms with Crippen LogP contribution in [0.5, 0.6) is 0 Å². The molecule has 0 aliphatic carbocycles. The Bertz CT molecular complexity index is 1470. The van der Waals surface area contributed by atoms with E-state index in [9.17, 15) is 32.7 Å². The first kappa shape index (κ1) is 27.3. The summed E-state index contributed by atoms with van der Waals surface area (Å²) in [6, 6.07) is 12.2. The summed E-state index contributed by atoms with van der Waals surface area (Å²) in [6.45, 7) is 1.23. The van der Waals surface area contributed by atoms with Crippen molar-refractivity contribution in [3.05, 3.63) is 71.0 Å². The predicted molar refractivity (Wildman–Crippen MR) is 139 cm³/mol. The molecule has 3 aromatic rings. The highest BCUT2D eigenvalue weighted by atomic mass is 19.4. The van der Waals surface area contributed by atoms with Crippen molar-refractivity contribution in [2.75, 3.05) is 43.0 Å². The Morgan fingerprint density at radius 1 is 1.12 bits per heavy atom. The molecular formula is C27H27F3N6O4. The minimum Gasteiger partial charge on any atom is -0.392 e. The van der Waals surface area contributed by atoms with Crippen molar-refractivity contribution in [3.63, 3.8) is 0 Å². The third-order valence-electron chi connectivity index (χ3n) is 7.19. The second-order valence-corrected chi connectivity index (χ2v) is 9.85. The van der Waals surface area contributed by atoms with Crippen LogP contribution in [0.25, 0.3) is 5.69 Å². The fraction of sp³-hybridized carbons (Fsp3) is 0.333. The van der Waals surface area contributed by atoms with E-state index >= 15 is 0 Å². The maximum atomic E-state index is 13.9. The van der Waals surface area contributed by atoms with Gasteiger partial charge in [-0.05, 0) is 55.3 Å². The van der Waals surface area contributed by atoms with Gasteiger partial charge in [-0.3, -0.25) is 19.3 Å². The minimum atomic E-state index is -4.79. The van der Waals surface area contributed by atoms with Crippen molar-refractivity contribution >= 4 is 29.1 Å². The summed E-state index contributed by atoms with van der Waals surface area (Å²) >= 11 is 0. The van der Waals surface area contributed by atoms with E-state index in [2.05, 4.69) is 5.10 Å². The van der Waals surface area contributed by atoms with Crippen molar-refractivity contribution in [1.29, 1.82) is 0 Å². The molecule has 1 unspecified atom stereocenters. The number of likely N-dealkylation sites (tertiary alicyclic amines) is 1. The first-order valence-electron chi connectivity index (χ1n) is 12.6. The zero-order valence-electron chi connectivity index (χ0n) is 21.6. The van der Waals surface area contributed by atoms with Crippen LogP contribution in [0.2, 0.25) is 0 Å². The number of carbonyl (C=O) groups excluding carboxylic acids is 3. The molecule has 1 saturated heterocycles. The number of fused-ring (bicyclic) bond motifs is 1. The first-order valence-corrected chi connectivity index (χ1v) is 12.6. The summed E-state index contributed by atoms with van der Waals surface area (Å²) in [5, 5.41) is 13.4. The molecule has 13 heteroatoms. The quantitative estimate of drug-likeness (QED) is 0.480. The molecule has 10 nitrogen and oxygen atoms in total. The molecule has 0 spiro atoms. The highest BCUT2D eigenvalue weighted by Gasteiger charge is 2.43. The molecule has 3 heterocycles. The normalized spacial score (nSPS) is 17.7. The number of alkyl halides is 3. The summed E-state index contributed by atoms with van der Waals surface area (Å²) in [7, 11) is 1.62. The third-order valence-corrected chi connectivity index (χ3v) is 7.19. The Morgan fingerprint density at radius 3 is 2.48 bits per heavy atom. The van der Waals surface area contributed by atoms with Gasteiger partial charge in [0.2, 0.25) is 11.8 Å². The van der Waals surface area contributed by atoms with Crippen LogP contribution < -0.4 is 15.5 Å². The summed E-state index contributed by atoms with van der Waals surface area (Å²) in [4.78, 5) is 42.7. The average Bonchev–Trinajstić information content (AvgIpc) is 3.52. The van der Waals surface area contributed by atoms with E-state index in [0.29, 0.717) is 30.9 Å². The highest BCUT2D eigenvalue weighted by Crippen LogP contribution is 2.37. The number of aromatic nitrogens is 2. The number of amides is 3. The first-order chi connectivity index (χ1) is 18.9. The number of likely N-dealkylation sites (N-methyl/N-ethyl adjacent to an activating group) is 1. The molecular weight excluding hydrogens is 529 g/mol. The standard InChI is InChI=1S/C27H27F3N6O4/c1-33(22(38)15-34-11-9-20(37)14-34)17-5-7-18(8-6-17)35-12-10-21-23(26(35)40)36(32-24(21)27(28,29)30)19-4-2-3-16(13-19)25(31)39/h2-8,13,20,37H,9-12,14-15H2,1H3,(H2,31,39). The summed E-state index contributed by atoms with van der Waals surface area (Å²) < 4.78 is 42.5. The lowest BCUT2D eigenvalue weighted by molar-refractivity contribution is -0.142. The van der Waals surface area contributed by atoms with Gasteiger partial charge in [-0.25, -0.2) is 4.68 Å². The van der Waals surface area contributed by atoms with Crippen molar-refractivity contribution in [3.8, 4) is 5.69 Å². The Morgan fingerprint density at radius 2 is 1.85 bits per heavy atom. The van der Waals surface area contributed by atoms with Gasteiger partial charge in [0.05, 0.1) is 18.3 Å². The second kappa shape index (κ2) is 10.4. The largest absolute Gasteiger partial charge is 0.435 e. The van der Waals surface area contributed by atoms with Crippen LogP contribution >= 0.6 is 0 Å². The van der Waals surface area contributed by atoms with Crippen molar-refractivity contribution in [2.45, 2.75) is 25.1 Å². The van der Waals surface area contributed by atoms with Crippen LogP contribution in [0.4, 0.5) is 24.5 Å². The van der Waals surface area contributed by atoms with E-state index < -0.39 is 29.8 Å². The molecule has 0 saturated carbocycles. The molecule has 3 N–H and O–H groups in total. The zero-order valence-corrected chi connectivity index (χ0v) is 21.6. The number of benzene rings is 2. The minimum absolute atomic E-state index is 0.00661. The summed E-state index contributed by atoms with van der Waals surface area (Å²) in [5.41, 5.74) is 4.89. The van der Waals surface area contributed by atoms with Gasteiger partial charge in [0.15, 0.2) is 5.69 Å². The van der Waals surface area contributed by atoms with Gasteiger partial charge in [-0.15, -0.1) is 0 Å². The Balaban J connectivity index is 1.42. The van der Waals surface area contributed by atoms with Gasteiger partial charge in [-0.2, -0.15) is 18.3 Å². The van der Waals surface area contributed by atoms with E-state index in [1.807, 2.05) is 4.90 Å². The van der Waals surface area contributed by atoms with Crippen molar-refractivity contribution in [1.82, 2.24) is 14.7 Å². The Kier molecular flexibility index (Phi) is 7.10. The smallest absolute Gasteiger partial charge is 0.392 e. The maximum absolute atomic E-state index is 13.9. The molecule has 1 fully saturated rings. The van der Waals surface area contributed by atoms with Crippen molar-refractivity contribution in [2.24, 2.45) is 5.73 Å². The number of aliphatic hydroxyl groups excluding tert-OH is 1. The molecule has 40 heavy (non-hydrogen) atoms. The van der Waals surface area contributed by atoms with Crippen LogP contribution in [0.3, 0.4) is 0 Å². The van der Waals surface area contributed by atoms with E-state index in [1.54, 1.807) is 31.3 Å². The molecule has 210 valence electrons. The van der Waals surface area contributed by atoms with E-state index in [0.717, 1.165) is 4.68 Å². The number of hydrogen-bond donors (Lipinski definition) is 2. The lowest BCUT2D eigenvalue weighted by Crippen LogP contribution is -2.39. The highest BCUT2D eigenvalue weighted by molar-refractivity contribution is 6.08. The van der Waals surface area contributed by atoms with Gasteiger partial charge in [0, 0.05) is 49.2 Å². The number of aliphatic hydroxyl groups is 1. The van der Waals surface area contributed by atoms with E-state index in [4.69, 9.17) is 5.73 Å². The number of nitrogens with zero attached hydrogens (tertiary/aromatic N) is 5. The van der Waals surface area contributed by atoms with Crippen LogP contribution in [0, 0.1) is 0 Å². The average molecular weight is 557 g/mol. The number of halogens is 3. The maximum Gasteiger partial charge on any atom is 0.435 e. The number of primary amides is 1. The number of rotatable bonds is 6. The molecule has 2 aromatic carbocycles. The second-order valence-electron chi connectivity index (χ2n) is 9.85. The number of β-amino-alcohol motifs (C(OH)–C–C–N with tert-alkyl or cyclic N) is 1. The number of anilines is 2. The van der Waals surface area contributed by atoms with Gasteiger partial charge in [0.1, 0.15) is 5.69 Å². The van der Waals surface area contributed by atoms with E-state index in [-0.39, 0.29) is 47.9 Å². The van der Waals surface area contributed by atoms with Crippen LogP contribution in [0.15, 0.2) is 48.5 Å². The Hall–Kier alpha value is -4.23. The molecule has 2 aliphatic heterocycles. The fourth-order valence-electron chi connectivity index (χ4n) is 5.07. The molecule has 0 radical (unpaired) electrons. The molecule has 0 bridgehead atoms. The van der Waals surface area contributed by atoms with E-state index in [1.165, 1.54) is 34.1 Å². The fourth-order valence-corrected chi connectivity index (χ4v) is 5.07.